The number of esters is 1. The average molecular weight is 206 g/mol. The van der Waals surface area contributed by atoms with Gasteiger partial charge >= 0.3 is 5.97 Å². The van der Waals surface area contributed by atoms with Crippen molar-refractivity contribution in [1.29, 1.82) is 5.26 Å². The lowest BCUT2D eigenvalue weighted by atomic mass is 10.1. The Hall–Kier alpha value is -2.22. The molecular weight excluding hydrogens is 196 g/mol. The van der Waals surface area contributed by atoms with Crippen molar-refractivity contribution >= 4 is 11.7 Å². The molecule has 0 saturated carbocycles. The number of nitrogen functional groups attached to an aromatic ring is 1. The molecule has 78 valence electrons. The van der Waals surface area contributed by atoms with Crippen LogP contribution in [0.5, 0.6) is 5.75 Å². The van der Waals surface area contributed by atoms with Crippen molar-refractivity contribution in [2.24, 2.45) is 0 Å². The Morgan fingerprint density at radius 2 is 2.13 bits per heavy atom. The molecule has 0 atom stereocenters. The quantitative estimate of drug-likeness (QED) is 0.574. The summed E-state index contributed by atoms with van der Waals surface area (Å²) in [5, 5.41) is 8.80. The molecule has 0 spiro atoms. The minimum absolute atomic E-state index is 0.144. The Morgan fingerprint density at radius 1 is 1.47 bits per heavy atom. The number of ether oxygens (including phenoxy) is 2. The molecule has 0 aromatic heterocycles. The molecule has 0 aliphatic carbocycles. The number of nitrogens with two attached hydrogens (primary N) is 1. The van der Waals surface area contributed by atoms with Gasteiger partial charge in [-0.05, 0) is 12.1 Å². The first-order valence-electron chi connectivity index (χ1n) is 4.10. The van der Waals surface area contributed by atoms with E-state index >= 15 is 0 Å². The van der Waals surface area contributed by atoms with Gasteiger partial charge in [-0.25, -0.2) is 4.79 Å². The fourth-order valence-electron chi connectivity index (χ4n) is 1.14. The van der Waals surface area contributed by atoms with E-state index in [9.17, 15) is 4.79 Å². The van der Waals surface area contributed by atoms with Crippen LogP contribution in [-0.2, 0) is 4.74 Å². The van der Waals surface area contributed by atoms with Gasteiger partial charge in [0.15, 0.2) is 0 Å². The number of nitriles is 1. The van der Waals surface area contributed by atoms with Crippen molar-refractivity contribution in [2.75, 3.05) is 20.0 Å². The van der Waals surface area contributed by atoms with Crippen LogP contribution in [0.3, 0.4) is 0 Å². The second kappa shape index (κ2) is 4.33. The molecule has 1 aromatic rings. The largest absolute Gasteiger partial charge is 0.495 e. The van der Waals surface area contributed by atoms with Crippen molar-refractivity contribution in [2.45, 2.75) is 0 Å². The zero-order chi connectivity index (χ0) is 11.4. The Morgan fingerprint density at radius 3 is 2.60 bits per heavy atom. The van der Waals surface area contributed by atoms with E-state index in [0.29, 0.717) is 11.4 Å². The molecule has 0 radical (unpaired) electrons. The third-order valence-corrected chi connectivity index (χ3v) is 1.90. The highest BCUT2D eigenvalue weighted by Gasteiger charge is 2.15. The lowest BCUT2D eigenvalue weighted by Crippen LogP contribution is -2.06. The second-order valence-electron chi connectivity index (χ2n) is 2.74. The van der Waals surface area contributed by atoms with Crippen LogP contribution in [0.25, 0.3) is 0 Å². The summed E-state index contributed by atoms with van der Waals surface area (Å²) in [5.41, 5.74) is 6.21. The summed E-state index contributed by atoms with van der Waals surface area (Å²) in [7, 11) is 2.67. The van der Waals surface area contributed by atoms with Crippen molar-refractivity contribution in [3.63, 3.8) is 0 Å². The van der Waals surface area contributed by atoms with Gasteiger partial charge in [-0.1, -0.05) is 0 Å². The van der Waals surface area contributed by atoms with E-state index in [1.165, 1.54) is 26.4 Å². The van der Waals surface area contributed by atoms with Crippen LogP contribution in [-0.4, -0.2) is 20.2 Å². The molecule has 0 heterocycles. The Kier molecular flexibility index (Phi) is 3.13. The number of methoxy groups -OCH3 is 2. The first kappa shape index (κ1) is 10.9. The summed E-state index contributed by atoms with van der Waals surface area (Å²) < 4.78 is 9.47. The molecule has 0 aliphatic heterocycles. The van der Waals surface area contributed by atoms with Gasteiger partial charge in [-0.15, -0.1) is 0 Å². The Balaban J connectivity index is 3.37. The fraction of sp³-hybridized carbons (Fsp3) is 0.200. The summed E-state index contributed by atoms with van der Waals surface area (Å²) in [4.78, 5) is 11.3. The topological polar surface area (TPSA) is 85.3 Å². The van der Waals surface area contributed by atoms with Gasteiger partial charge in [-0.2, -0.15) is 5.26 Å². The van der Waals surface area contributed by atoms with Crippen LogP contribution in [0.4, 0.5) is 5.69 Å². The summed E-state index contributed by atoms with van der Waals surface area (Å²) in [6.07, 6.45) is 0. The van der Waals surface area contributed by atoms with Gasteiger partial charge in [0.25, 0.3) is 0 Å². The van der Waals surface area contributed by atoms with Crippen molar-refractivity contribution in [3.05, 3.63) is 23.3 Å². The second-order valence-corrected chi connectivity index (χ2v) is 2.74. The highest BCUT2D eigenvalue weighted by molar-refractivity contribution is 5.93. The van der Waals surface area contributed by atoms with Crippen LogP contribution >= 0.6 is 0 Å². The average Bonchev–Trinajstić information content (AvgIpc) is 2.27. The third-order valence-electron chi connectivity index (χ3n) is 1.90. The van der Waals surface area contributed by atoms with E-state index in [0.717, 1.165) is 0 Å². The molecule has 5 nitrogen and oxygen atoms in total. The maximum Gasteiger partial charge on any atom is 0.339 e. The molecular formula is C10H10N2O3. The van der Waals surface area contributed by atoms with Gasteiger partial charge in [-0.3, -0.25) is 0 Å². The minimum atomic E-state index is -0.593. The van der Waals surface area contributed by atoms with E-state index in [1.54, 1.807) is 0 Å². The number of carbonyl (C=O) groups is 1. The third kappa shape index (κ3) is 1.99. The highest BCUT2D eigenvalue weighted by Crippen LogP contribution is 2.25. The fourth-order valence-corrected chi connectivity index (χ4v) is 1.14. The molecule has 15 heavy (non-hydrogen) atoms. The highest BCUT2D eigenvalue weighted by atomic mass is 16.5. The van der Waals surface area contributed by atoms with Gasteiger partial charge in [0.1, 0.15) is 11.8 Å². The zero-order valence-electron chi connectivity index (χ0n) is 8.40. The van der Waals surface area contributed by atoms with Crippen LogP contribution in [0.15, 0.2) is 12.1 Å². The zero-order valence-corrected chi connectivity index (χ0v) is 8.40. The number of nitrogens with zero attached hydrogens (tertiary/aromatic N) is 1. The summed E-state index contributed by atoms with van der Waals surface area (Å²) in [6.45, 7) is 0. The van der Waals surface area contributed by atoms with Gasteiger partial charge < -0.3 is 15.2 Å². The normalized spacial score (nSPS) is 9.13. The number of hydrogen-bond donors (Lipinski definition) is 1. The molecule has 0 fully saturated rings. The van der Waals surface area contributed by atoms with E-state index in [4.69, 9.17) is 15.7 Å². The van der Waals surface area contributed by atoms with Crippen molar-refractivity contribution in [3.8, 4) is 11.8 Å². The first-order valence-corrected chi connectivity index (χ1v) is 4.10. The summed E-state index contributed by atoms with van der Waals surface area (Å²) >= 11 is 0. The Labute approximate surface area is 87.0 Å². The van der Waals surface area contributed by atoms with Gasteiger partial charge in [0, 0.05) is 0 Å². The molecule has 1 aromatic carbocycles. The van der Waals surface area contributed by atoms with Crippen LogP contribution < -0.4 is 10.5 Å². The number of hydrogen-bond acceptors (Lipinski definition) is 5. The first-order chi connectivity index (χ1) is 7.13. The van der Waals surface area contributed by atoms with E-state index < -0.39 is 5.97 Å². The maximum atomic E-state index is 11.3. The molecule has 0 bridgehead atoms. The summed E-state index contributed by atoms with van der Waals surface area (Å²) in [6, 6.07) is 4.64. The number of anilines is 1. The van der Waals surface area contributed by atoms with Crippen LogP contribution in [0, 0.1) is 11.3 Å². The van der Waals surface area contributed by atoms with Crippen LogP contribution in [0.2, 0.25) is 0 Å². The van der Waals surface area contributed by atoms with Gasteiger partial charge in [0.05, 0.1) is 31.0 Å². The molecule has 1 rings (SSSR count). The van der Waals surface area contributed by atoms with E-state index in [1.807, 2.05) is 6.07 Å². The molecule has 5 heteroatoms. The SMILES string of the molecule is COC(=O)c1cc(OC)c(N)cc1C#N. The van der Waals surface area contributed by atoms with Crippen molar-refractivity contribution in [1.82, 2.24) is 0 Å². The van der Waals surface area contributed by atoms with Crippen LogP contribution in [0.1, 0.15) is 15.9 Å². The lowest BCUT2D eigenvalue weighted by molar-refractivity contribution is 0.0600. The number of rotatable bonds is 2. The predicted octanol–water partition coefficient (Wildman–Crippen LogP) is 0.936. The molecule has 0 saturated heterocycles. The predicted molar refractivity (Wildman–Crippen MR) is 53.5 cm³/mol. The molecule has 2 N–H and O–H groups in total. The molecule has 0 unspecified atom stereocenters. The minimum Gasteiger partial charge on any atom is -0.495 e. The standard InChI is InChI=1S/C10H10N2O3/c1-14-9-4-7(10(13)15-2)6(5-11)3-8(9)12/h3-4H,12H2,1-2H3. The van der Waals surface area contributed by atoms with Gasteiger partial charge in [0.2, 0.25) is 0 Å². The number of benzene rings is 1. The number of carbonyl (C=O) groups excluding carboxylic acids is 1. The summed E-state index contributed by atoms with van der Waals surface area (Å²) in [5.74, 6) is -0.251. The Bertz CT molecular complexity index is 435. The van der Waals surface area contributed by atoms with Crippen molar-refractivity contribution < 1.29 is 14.3 Å². The molecule has 0 amide bonds. The van der Waals surface area contributed by atoms with E-state index in [-0.39, 0.29) is 11.1 Å². The molecule has 0 aliphatic rings. The lowest BCUT2D eigenvalue weighted by Gasteiger charge is -2.07. The maximum absolute atomic E-state index is 11.3. The monoisotopic (exact) mass is 206 g/mol. The van der Waals surface area contributed by atoms with E-state index in [2.05, 4.69) is 4.74 Å². The smallest absolute Gasteiger partial charge is 0.339 e.